The highest BCUT2D eigenvalue weighted by molar-refractivity contribution is 9.10. The van der Waals surface area contributed by atoms with Gasteiger partial charge in [-0.05, 0) is 42.0 Å². The van der Waals surface area contributed by atoms with Gasteiger partial charge >= 0.3 is 6.18 Å². The van der Waals surface area contributed by atoms with Gasteiger partial charge in [-0.2, -0.15) is 18.4 Å². The van der Waals surface area contributed by atoms with E-state index in [9.17, 15) is 18.4 Å². The third-order valence-electron chi connectivity index (χ3n) is 3.25. The molecule has 0 atom stereocenters. The molecule has 0 aliphatic rings. The lowest BCUT2D eigenvalue weighted by atomic mass is 10.1. The summed E-state index contributed by atoms with van der Waals surface area (Å²) < 4.78 is 39.8. The van der Waals surface area contributed by atoms with Crippen LogP contribution in [0.4, 0.5) is 13.2 Å². The van der Waals surface area contributed by atoms with Gasteiger partial charge in [0, 0.05) is 4.47 Å². The molecule has 0 saturated heterocycles. The van der Waals surface area contributed by atoms with Crippen LogP contribution in [0.25, 0.3) is 21.9 Å². The molecule has 7 heteroatoms. The molecule has 0 saturated carbocycles. The van der Waals surface area contributed by atoms with E-state index in [4.69, 9.17) is 0 Å². The minimum absolute atomic E-state index is 0.238. The Morgan fingerprint density at radius 2 is 1.88 bits per heavy atom. The van der Waals surface area contributed by atoms with Crippen LogP contribution in [-0.4, -0.2) is 4.98 Å². The summed E-state index contributed by atoms with van der Waals surface area (Å²) in [4.78, 5) is 4.19. The zero-order chi connectivity index (χ0) is 17.3. The average molecular weight is 409 g/mol. The molecule has 2 nitrogen and oxygen atoms in total. The van der Waals surface area contributed by atoms with E-state index in [1.54, 1.807) is 6.08 Å². The van der Waals surface area contributed by atoms with Crippen LogP contribution in [0, 0.1) is 11.3 Å². The van der Waals surface area contributed by atoms with Crippen LogP contribution >= 0.6 is 27.3 Å². The molecular formula is C17H8BrF3N2S. The molecule has 0 fully saturated rings. The second kappa shape index (κ2) is 6.38. The SMILES string of the molecule is N#C/C(=C\c1ccc(Br)cc1)c1nc2cc(C(F)(F)F)ccc2s1. The molecule has 3 aromatic rings. The minimum Gasteiger partial charge on any atom is -0.235 e. The van der Waals surface area contributed by atoms with Crippen LogP contribution in [0.1, 0.15) is 16.1 Å². The van der Waals surface area contributed by atoms with Crippen LogP contribution in [-0.2, 0) is 6.18 Å². The standard InChI is InChI=1S/C17H8BrF3N2S/c18-13-4-1-10(2-5-13)7-11(9-22)16-23-14-8-12(17(19,20)21)3-6-15(14)24-16/h1-8H/b11-7+. The first-order valence-corrected chi connectivity index (χ1v) is 8.33. The van der Waals surface area contributed by atoms with Gasteiger partial charge in [0.05, 0.1) is 21.4 Å². The van der Waals surface area contributed by atoms with Crippen LogP contribution < -0.4 is 0 Å². The Labute approximate surface area is 148 Å². The molecular weight excluding hydrogens is 401 g/mol. The fraction of sp³-hybridized carbons (Fsp3) is 0.0588. The third-order valence-corrected chi connectivity index (χ3v) is 4.85. The van der Waals surface area contributed by atoms with Gasteiger partial charge in [0.2, 0.25) is 0 Å². The molecule has 0 aliphatic heterocycles. The van der Waals surface area contributed by atoms with Crippen molar-refractivity contribution >= 4 is 49.1 Å². The van der Waals surface area contributed by atoms with E-state index in [1.807, 2.05) is 24.3 Å². The lowest BCUT2D eigenvalue weighted by Gasteiger charge is -2.04. The fourth-order valence-electron chi connectivity index (χ4n) is 2.09. The van der Waals surface area contributed by atoms with E-state index in [2.05, 4.69) is 27.0 Å². The van der Waals surface area contributed by atoms with Crippen LogP contribution in [0.5, 0.6) is 0 Å². The van der Waals surface area contributed by atoms with E-state index >= 15 is 0 Å². The predicted molar refractivity (Wildman–Crippen MR) is 92.2 cm³/mol. The number of hydrogen-bond acceptors (Lipinski definition) is 3. The second-order valence-corrected chi connectivity index (χ2v) is 6.87. The summed E-state index contributed by atoms with van der Waals surface area (Å²) in [6, 6.07) is 12.8. The maximum atomic E-state index is 12.8. The first-order valence-electron chi connectivity index (χ1n) is 6.72. The number of nitrogens with zero attached hydrogens (tertiary/aromatic N) is 2. The summed E-state index contributed by atoms with van der Waals surface area (Å²) >= 11 is 4.52. The maximum Gasteiger partial charge on any atom is 0.416 e. The normalized spacial score (nSPS) is 12.4. The molecule has 120 valence electrons. The fourth-order valence-corrected chi connectivity index (χ4v) is 3.26. The topological polar surface area (TPSA) is 36.7 Å². The van der Waals surface area contributed by atoms with Gasteiger partial charge in [0.15, 0.2) is 0 Å². The van der Waals surface area contributed by atoms with Crippen molar-refractivity contribution in [1.82, 2.24) is 4.98 Å². The lowest BCUT2D eigenvalue weighted by Crippen LogP contribution is -2.03. The number of hydrogen-bond donors (Lipinski definition) is 0. The van der Waals surface area contributed by atoms with Crippen LogP contribution in [0.3, 0.4) is 0 Å². The number of fused-ring (bicyclic) bond motifs is 1. The number of alkyl halides is 3. The van der Waals surface area contributed by atoms with Crippen molar-refractivity contribution in [3.8, 4) is 6.07 Å². The molecule has 3 rings (SSSR count). The number of allylic oxidation sites excluding steroid dienone is 1. The van der Waals surface area contributed by atoms with E-state index in [1.165, 1.54) is 17.4 Å². The Hall–Kier alpha value is -2.17. The minimum atomic E-state index is -4.41. The largest absolute Gasteiger partial charge is 0.416 e. The smallest absolute Gasteiger partial charge is 0.235 e. The first-order chi connectivity index (χ1) is 11.4. The summed E-state index contributed by atoms with van der Waals surface area (Å²) in [6.45, 7) is 0. The third kappa shape index (κ3) is 3.50. The molecule has 0 amide bonds. The molecule has 1 heterocycles. The zero-order valence-electron chi connectivity index (χ0n) is 11.9. The van der Waals surface area contributed by atoms with Crippen molar-refractivity contribution in [3.05, 3.63) is 63.1 Å². The summed E-state index contributed by atoms with van der Waals surface area (Å²) in [5.74, 6) is 0. The van der Waals surface area contributed by atoms with Gasteiger partial charge in [-0.3, -0.25) is 0 Å². The highest BCUT2D eigenvalue weighted by Crippen LogP contribution is 2.34. The number of halogens is 4. The summed E-state index contributed by atoms with van der Waals surface area (Å²) in [5, 5.41) is 9.76. The van der Waals surface area contributed by atoms with Gasteiger partial charge in [-0.1, -0.05) is 28.1 Å². The summed E-state index contributed by atoms with van der Waals surface area (Å²) in [5.41, 5.74) is 0.612. The number of benzene rings is 2. The molecule has 0 radical (unpaired) electrons. The number of aromatic nitrogens is 1. The molecule has 2 aromatic carbocycles. The highest BCUT2D eigenvalue weighted by Gasteiger charge is 2.30. The number of rotatable bonds is 2. The van der Waals surface area contributed by atoms with E-state index in [0.29, 0.717) is 15.3 Å². The van der Waals surface area contributed by atoms with Crippen molar-refractivity contribution in [2.24, 2.45) is 0 Å². The average Bonchev–Trinajstić information content (AvgIpc) is 2.96. The Bertz CT molecular complexity index is 966. The summed E-state index contributed by atoms with van der Waals surface area (Å²) in [7, 11) is 0. The molecule has 0 spiro atoms. The monoisotopic (exact) mass is 408 g/mol. The van der Waals surface area contributed by atoms with Gasteiger partial charge in [0.1, 0.15) is 11.1 Å². The van der Waals surface area contributed by atoms with Crippen molar-refractivity contribution in [2.75, 3.05) is 0 Å². The van der Waals surface area contributed by atoms with Crippen molar-refractivity contribution < 1.29 is 13.2 Å². The van der Waals surface area contributed by atoms with Crippen molar-refractivity contribution in [1.29, 1.82) is 5.26 Å². The first kappa shape index (κ1) is 16.7. The second-order valence-electron chi connectivity index (χ2n) is 4.92. The van der Waals surface area contributed by atoms with Crippen LogP contribution in [0.2, 0.25) is 0 Å². The maximum absolute atomic E-state index is 12.8. The molecule has 24 heavy (non-hydrogen) atoms. The van der Waals surface area contributed by atoms with Crippen molar-refractivity contribution in [2.45, 2.75) is 6.18 Å². The zero-order valence-corrected chi connectivity index (χ0v) is 14.3. The van der Waals surface area contributed by atoms with Gasteiger partial charge in [-0.15, -0.1) is 11.3 Å². The Balaban J connectivity index is 2.04. The van der Waals surface area contributed by atoms with Gasteiger partial charge in [0.25, 0.3) is 0 Å². The molecule has 1 aromatic heterocycles. The van der Waals surface area contributed by atoms with E-state index in [0.717, 1.165) is 22.2 Å². The van der Waals surface area contributed by atoms with Gasteiger partial charge in [-0.25, -0.2) is 4.98 Å². The number of nitriles is 1. The lowest BCUT2D eigenvalue weighted by molar-refractivity contribution is -0.137. The Morgan fingerprint density at radius 1 is 1.17 bits per heavy atom. The number of thiazole rings is 1. The molecule has 0 N–H and O–H groups in total. The van der Waals surface area contributed by atoms with E-state index < -0.39 is 11.7 Å². The highest BCUT2D eigenvalue weighted by atomic mass is 79.9. The van der Waals surface area contributed by atoms with Crippen molar-refractivity contribution in [3.63, 3.8) is 0 Å². The molecule has 0 unspecified atom stereocenters. The predicted octanol–water partition coefficient (Wildman–Crippen LogP) is 6.14. The van der Waals surface area contributed by atoms with Crippen LogP contribution in [0.15, 0.2) is 46.9 Å². The Morgan fingerprint density at radius 3 is 2.50 bits per heavy atom. The summed E-state index contributed by atoms with van der Waals surface area (Å²) in [6.07, 6.45) is -2.75. The van der Waals surface area contributed by atoms with E-state index in [-0.39, 0.29) is 5.52 Å². The molecule has 0 aliphatic carbocycles. The quantitative estimate of drug-likeness (QED) is 0.477. The van der Waals surface area contributed by atoms with Gasteiger partial charge < -0.3 is 0 Å². The molecule has 0 bridgehead atoms. The Kier molecular flexibility index (Phi) is 4.43.